The fourth-order valence-electron chi connectivity index (χ4n) is 1.56. The van der Waals surface area contributed by atoms with E-state index < -0.39 is 35.6 Å². The number of nitrogens with zero attached hydrogens (tertiary/aromatic N) is 1. The molecule has 2 amide bonds. The van der Waals surface area contributed by atoms with E-state index in [-0.39, 0.29) is 17.7 Å². The second-order valence-electron chi connectivity index (χ2n) is 4.78. The van der Waals surface area contributed by atoms with Crippen molar-refractivity contribution in [1.82, 2.24) is 10.3 Å². The summed E-state index contributed by atoms with van der Waals surface area (Å²) < 4.78 is 35.9. The lowest BCUT2D eigenvalue weighted by atomic mass is 10.1. The van der Waals surface area contributed by atoms with Gasteiger partial charge in [0, 0.05) is 12.4 Å². The van der Waals surface area contributed by atoms with Crippen LogP contribution in [0.4, 0.5) is 13.2 Å². The number of nitrogens with two attached hydrogens (primary N) is 1. The minimum absolute atomic E-state index is 0.180. The Labute approximate surface area is 140 Å². The maximum Gasteiger partial charge on any atom is 0.450 e. The number of rotatable bonds is 8. The van der Waals surface area contributed by atoms with Gasteiger partial charge >= 0.3 is 6.18 Å². The van der Waals surface area contributed by atoms with Gasteiger partial charge in [-0.1, -0.05) is 0 Å². The smallest absolute Gasteiger partial charge is 0.320 e. The number of amides is 2. The van der Waals surface area contributed by atoms with Gasteiger partial charge in [0.25, 0.3) is 5.91 Å². The lowest BCUT2D eigenvalue weighted by molar-refractivity contribution is -0.167. The van der Waals surface area contributed by atoms with Gasteiger partial charge in [-0.15, -0.1) is 0 Å². The van der Waals surface area contributed by atoms with E-state index in [0.717, 1.165) is 11.8 Å². The summed E-state index contributed by atoms with van der Waals surface area (Å²) in [4.78, 5) is 37.9. The Bertz CT molecular complexity index is 582. The molecule has 0 spiro atoms. The summed E-state index contributed by atoms with van der Waals surface area (Å²) in [5, 5.41) is 2.12. The molecule has 132 valence electrons. The van der Waals surface area contributed by atoms with Crippen molar-refractivity contribution >= 4 is 29.4 Å². The molecule has 0 bridgehead atoms. The van der Waals surface area contributed by atoms with E-state index in [9.17, 15) is 27.6 Å². The molecule has 0 unspecified atom stereocenters. The van der Waals surface area contributed by atoms with E-state index in [2.05, 4.69) is 10.3 Å². The number of thioether (sulfide) groups is 1. The molecule has 1 aromatic heterocycles. The predicted octanol–water partition coefficient (Wildman–Crippen LogP) is 1.31. The van der Waals surface area contributed by atoms with E-state index in [0.29, 0.717) is 6.42 Å². The molecule has 0 radical (unpaired) electrons. The van der Waals surface area contributed by atoms with Crippen LogP contribution in [0.15, 0.2) is 24.5 Å². The number of aromatic nitrogens is 1. The number of alkyl halides is 3. The van der Waals surface area contributed by atoms with Gasteiger partial charge in [-0.05, 0) is 30.7 Å². The summed E-state index contributed by atoms with van der Waals surface area (Å²) in [7, 11) is 0. The van der Waals surface area contributed by atoms with Gasteiger partial charge in [-0.2, -0.15) is 24.9 Å². The van der Waals surface area contributed by atoms with Crippen LogP contribution in [-0.4, -0.2) is 46.3 Å². The van der Waals surface area contributed by atoms with Crippen LogP contribution in [0.25, 0.3) is 0 Å². The molecule has 1 heterocycles. The maximum absolute atomic E-state index is 12.0. The van der Waals surface area contributed by atoms with Crippen molar-refractivity contribution in [2.75, 3.05) is 11.5 Å². The third-order valence-corrected chi connectivity index (χ3v) is 3.89. The van der Waals surface area contributed by atoms with Crippen LogP contribution < -0.4 is 11.1 Å². The highest BCUT2D eigenvalue weighted by molar-refractivity contribution is 7.99. The standard InChI is InChI=1S/C14H16F3N3O3S/c15-14(16,17)11(21)8-24-6-2-4-10(18)13(23)20-12(22)9-3-1-5-19-7-9/h1,3,5,7,10H,2,4,6,8,18H2,(H,20,22,23)/t10-/m0/s1. The maximum atomic E-state index is 12.0. The summed E-state index contributed by atoms with van der Waals surface area (Å²) in [5.74, 6) is -3.52. The fraction of sp³-hybridized carbons (Fsp3) is 0.429. The topological polar surface area (TPSA) is 102 Å². The number of imide groups is 1. The number of pyridine rings is 1. The van der Waals surface area contributed by atoms with Gasteiger partial charge in [-0.25, -0.2) is 0 Å². The van der Waals surface area contributed by atoms with Gasteiger partial charge < -0.3 is 5.73 Å². The number of carbonyl (C=O) groups is 3. The van der Waals surface area contributed by atoms with Crippen LogP contribution in [0.1, 0.15) is 23.2 Å². The second-order valence-corrected chi connectivity index (χ2v) is 5.89. The monoisotopic (exact) mass is 363 g/mol. The van der Waals surface area contributed by atoms with Gasteiger partial charge in [0.1, 0.15) is 0 Å². The molecule has 0 aliphatic heterocycles. The van der Waals surface area contributed by atoms with Crippen LogP contribution in [0, 0.1) is 0 Å². The molecule has 3 N–H and O–H groups in total. The molecule has 0 aromatic carbocycles. The van der Waals surface area contributed by atoms with E-state index in [1.165, 1.54) is 18.5 Å². The Morgan fingerprint density at radius 1 is 1.33 bits per heavy atom. The first-order valence-corrected chi connectivity index (χ1v) is 8.06. The molecule has 6 nitrogen and oxygen atoms in total. The van der Waals surface area contributed by atoms with Crippen LogP contribution >= 0.6 is 11.8 Å². The largest absolute Gasteiger partial charge is 0.450 e. The molecule has 0 saturated heterocycles. The summed E-state index contributed by atoms with van der Waals surface area (Å²) in [6.07, 6.45) is -1.53. The van der Waals surface area contributed by atoms with Gasteiger partial charge in [0.05, 0.1) is 17.4 Å². The zero-order chi connectivity index (χ0) is 18.2. The van der Waals surface area contributed by atoms with Crippen molar-refractivity contribution in [3.05, 3.63) is 30.1 Å². The first kappa shape index (κ1) is 20.1. The zero-order valence-electron chi connectivity index (χ0n) is 12.5. The first-order chi connectivity index (χ1) is 11.2. The number of hydrogen-bond acceptors (Lipinski definition) is 6. The first-order valence-electron chi connectivity index (χ1n) is 6.90. The summed E-state index contributed by atoms with van der Waals surface area (Å²) in [6, 6.07) is 2.05. The highest BCUT2D eigenvalue weighted by Gasteiger charge is 2.37. The molecule has 1 atom stereocenters. The Morgan fingerprint density at radius 2 is 2.04 bits per heavy atom. The van der Waals surface area contributed by atoms with E-state index in [1.54, 1.807) is 6.07 Å². The average Bonchev–Trinajstić information content (AvgIpc) is 2.53. The molecule has 24 heavy (non-hydrogen) atoms. The number of Topliss-reactive ketones (excluding diaryl/α,β-unsaturated/α-hetero) is 1. The van der Waals surface area contributed by atoms with E-state index in [4.69, 9.17) is 5.73 Å². The Kier molecular flexibility index (Phi) is 7.86. The second kappa shape index (κ2) is 9.38. The summed E-state index contributed by atoms with van der Waals surface area (Å²) in [6.45, 7) is 0. The number of nitrogens with one attached hydrogen (secondary N) is 1. The van der Waals surface area contributed by atoms with Gasteiger partial charge in [0.2, 0.25) is 11.7 Å². The Morgan fingerprint density at radius 3 is 2.62 bits per heavy atom. The minimum atomic E-state index is -4.82. The van der Waals surface area contributed by atoms with Crippen molar-refractivity contribution in [3.63, 3.8) is 0 Å². The van der Waals surface area contributed by atoms with Gasteiger partial charge in [0.15, 0.2) is 0 Å². The van der Waals surface area contributed by atoms with Crippen molar-refractivity contribution in [2.24, 2.45) is 5.73 Å². The number of hydrogen-bond donors (Lipinski definition) is 2. The van der Waals surface area contributed by atoms with Crippen LogP contribution in [-0.2, 0) is 9.59 Å². The van der Waals surface area contributed by atoms with Gasteiger partial charge in [-0.3, -0.25) is 24.7 Å². The van der Waals surface area contributed by atoms with Crippen molar-refractivity contribution < 1.29 is 27.6 Å². The summed E-state index contributed by atoms with van der Waals surface area (Å²) in [5.41, 5.74) is 5.83. The predicted molar refractivity (Wildman–Crippen MR) is 82.3 cm³/mol. The highest BCUT2D eigenvalue weighted by Crippen LogP contribution is 2.19. The van der Waals surface area contributed by atoms with Crippen molar-refractivity contribution in [3.8, 4) is 0 Å². The fourth-order valence-corrected chi connectivity index (χ4v) is 2.42. The third-order valence-electron chi connectivity index (χ3n) is 2.85. The molecular formula is C14H16F3N3O3S. The van der Waals surface area contributed by atoms with Crippen LogP contribution in [0.2, 0.25) is 0 Å². The molecule has 1 rings (SSSR count). The Balaban J connectivity index is 2.25. The van der Waals surface area contributed by atoms with Crippen LogP contribution in [0.3, 0.4) is 0 Å². The molecule has 0 aliphatic carbocycles. The quantitative estimate of drug-likeness (QED) is 0.675. The SMILES string of the molecule is N[C@@H](CCCSCC(=O)C(F)(F)F)C(=O)NC(=O)c1cccnc1. The number of ketones is 1. The van der Waals surface area contributed by atoms with E-state index >= 15 is 0 Å². The zero-order valence-corrected chi connectivity index (χ0v) is 13.3. The normalized spacial score (nSPS) is 12.5. The third kappa shape index (κ3) is 7.09. The molecule has 0 fully saturated rings. The lowest BCUT2D eigenvalue weighted by Crippen LogP contribution is -2.43. The molecule has 0 saturated carbocycles. The minimum Gasteiger partial charge on any atom is -0.320 e. The molecule has 0 aliphatic rings. The number of carbonyl (C=O) groups excluding carboxylic acids is 3. The average molecular weight is 363 g/mol. The van der Waals surface area contributed by atoms with Crippen molar-refractivity contribution in [1.29, 1.82) is 0 Å². The molecular weight excluding hydrogens is 347 g/mol. The molecule has 10 heteroatoms. The lowest BCUT2D eigenvalue weighted by Gasteiger charge is -2.11. The Hall–Kier alpha value is -1.94. The highest BCUT2D eigenvalue weighted by atomic mass is 32.2. The van der Waals surface area contributed by atoms with Crippen molar-refractivity contribution in [2.45, 2.75) is 25.1 Å². The molecule has 1 aromatic rings. The van der Waals surface area contributed by atoms with E-state index in [1.807, 2.05) is 0 Å². The van der Waals surface area contributed by atoms with Crippen LogP contribution in [0.5, 0.6) is 0 Å². The number of halogens is 3. The summed E-state index contributed by atoms with van der Waals surface area (Å²) >= 11 is 0.821.